The smallest absolute Gasteiger partial charge is 0.303 e. The van der Waals surface area contributed by atoms with Gasteiger partial charge in [0.15, 0.2) is 18.9 Å². The van der Waals surface area contributed by atoms with E-state index in [4.69, 9.17) is 90.4 Å². The van der Waals surface area contributed by atoms with Crippen LogP contribution < -0.4 is 37.2 Å². The van der Waals surface area contributed by atoms with Crippen molar-refractivity contribution in [2.24, 2.45) is 0 Å². The quantitative estimate of drug-likeness (QED) is 0.0252. The summed E-state index contributed by atoms with van der Waals surface area (Å²) >= 11 is 0. The van der Waals surface area contributed by atoms with Crippen LogP contribution in [0.2, 0.25) is 0 Å². The molecule has 116 heavy (non-hydrogen) atoms. The summed E-state index contributed by atoms with van der Waals surface area (Å²) in [5.74, 6) is -3.68. The molecule has 0 bridgehead atoms. The third-order valence-electron chi connectivity index (χ3n) is 17.7. The fourth-order valence-corrected chi connectivity index (χ4v) is 11.7. The van der Waals surface area contributed by atoms with Gasteiger partial charge < -0.3 is 174 Å². The van der Waals surface area contributed by atoms with Gasteiger partial charge in [0.1, 0.15) is 78.6 Å². The van der Waals surface area contributed by atoms with E-state index in [9.17, 15) is 84.3 Å². The third-order valence-corrected chi connectivity index (χ3v) is 17.7. The molecule has 676 valence electrons. The van der Waals surface area contributed by atoms with Gasteiger partial charge in [0.05, 0.1) is 198 Å². The molecule has 43 heteroatoms. The lowest BCUT2D eigenvalue weighted by Crippen LogP contribution is -2.64. The molecule has 17 N–H and O–H groups in total. The standard InChI is InChI=1S/C73H133N7O36/c1-50(84)77-61-67(96)64(93)53(44-81)114-70(61)111-41-38-105-35-32-102-29-26-99-23-17-74-56(87)14-20-108-47-73(80-59(90)12-10-8-6-4-5-7-9-11-13-60(91)92,48-109-21-15-57(88)75-18-24-100-27-30-103-33-36-106-39-42-112-71-62(78-51(2)85)68(97)65(94)54(45-82)115-71)49-110-22-16-58(89)76-19-25-101-28-31-104-34-37-107-40-43-113-72-63(79-52(3)86)69(98)66(95)55(46-83)116-72/h53-55,61-72,81-83,93-98H,4-49H2,1-3H3,(H,74,87)(H,75,88)(H,76,89)(H,77,84)(H,78,85)(H,79,86)(H,80,90)(H,91,92)/t53-,54-,55-,61-,62-,63-,64+,65+,66+,67-,68-,69-,70-,71-,72-/m1/s1. The maximum absolute atomic E-state index is 13.9. The Balaban J connectivity index is 1.47. The molecular formula is C73H133N7O36. The van der Waals surface area contributed by atoms with E-state index >= 15 is 0 Å². The molecule has 0 saturated carbocycles. The van der Waals surface area contributed by atoms with Gasteiger partial charge in [0.25, 0.3) is 0 Å². The molecule has 0 aromatic rings. The number of aliphatic carboxylic acids is 1. The zero-order chi connectivity index (χ0) is 85.0. The van der Waals surface area contributed by atoms with Crippen molar-refractivity contribution in [3.8, 4) is 0 Å². The van der Waals surface area contributed by atoms with E-state index in [1.165, 1.54) is 20.8 Å². The molecule has 0 aromatic carbocycles. The molecule has 0 aliphatic carbocycles. The van der Waals surface area contributed by atoms with E-state index in [1.807, 2.05) is 0 Å². The number of hydrogen-bond donors (Lipinski definition) is 17. The van der Waals surface area contributed by atoms with Gasteiger partial charge in [-0.15, -0.1) is 0 Å². The Labute approximate surface area is 676 Å². The van der Waals surface area contributed by atoms with E-state index < -0.39 is 141 Å². The number of carboxylic acid groups (broad SMARTS) is 1. The van der Waals surface area contributed by atoms with E-state index in [1.54, 1.807) is 0 Å². The molecule has 3 fully saturated rings. The number of amides is 7. The van der Waals surface area contributed by atoms with Crippen LogP contribution >= 0.6 is 0 Å². The summed E-state index contributed by atoms with van der Waals surface area (Å²) in [7, 11) is 0. The van der Waals surface area contributed by atoms with Crippen molar-refractivity contribution in [2.45, 2.75) is 202 Å². The van der Waals surface area contributed by atoms with E-state index in [0.717, 1.165) is 38.5 Å². The van der Waals surface area contributed by atoms with Gasteiger partial charge in [-0.1, -0.05) is 38.5 Å². The highest BCUT2D eigenvalue weighted by Gasteiger charge is 2.48. The van der Waals surface area contributed by atoms with E-state index in [2.05, 4.69) is 37.2 Å². The highest BCUT2D eigenvalue weighted by atomic mass is 16.7. The van der Waals surface area contributed by atoms with Gasteiger partial charge in [-0.3, -0.25) is 38.4 Å². The number of aliphatic hydroxyl groups excluding tert-OH is 9. The minimum atomic E-state index is -1.44. The molecule has 7 amide bonds. The fourth-order valence-electron chi connectivity index (χ4n) is 11.7. The highest BCUT2D eigenvalue weighted by Crippen LogP contribution is 2.26. The van der Waals surface area contributed by atoms with Crippen molar-refractivity contribution in [1.29, 1.82) is 0 Å². The van der Waals surface area contributed by atoms with Gasteiger partial charge in [0, 0.05) is 72.5 Å². The van der Waals surface area contributed by atoms with Crippen LogP contribution in [0.3, 0.4) is 0 Å². The minimum absolute atomic E-state index is 0.00149. The Kier molecular flexibility index (Phi) is 59.2. The molecule has 0 radical (unpaired) electrons. The maximum atomic E-state index is 13.9. The van der Waals surface area contributed by atoms with Crippen LogP contribution in [-0.4, -0.2) is 414 Å². The number of hydrogen-bond acceptors (Lipinski definition) is 35. The summed E-state index contributed by atoms with van der Waals surface area (Å²) < 4.78 is 102. The van der Waals surface area contributed by atoms with Crippen molar-refractivity contribution in [3.63, 3.8) is 0 Å². The third kappa shape index (κ3) is 47.6. The molecule has 3 saturated heterocycles. The summed E-state index contributed by atoms with van der Waals surface area (Å²) in [5, 5.41) is 118. The number of rotatable bonds is 72. The lowest BCUT2D eigenvalue weighted by atomic mass is 9.97. The monoisotopic (exact) mass is 1680 g/mol. The molecular weight excluding hydrogens is 1550 g/mol. The predicted octanol–water partition coefficient (Wildman–Crippen LogP) is -6.57. The summed E-state index contributed by atoms with van der Waals surface area (Å²) in [6.45, 7) is 4.81. The molecule has 3 rings (SSSR count). The number of carbonyl (C=O) groups is 8. The van der Waals surface area contributed by atoms with Crippen molar-refractivity contribution >= 4 is 47.3 Å². The van der Waals surface area contributed by atoms with Gasteiger partial charge in [-0.2, -0.15) is 0 Å². The molecule has 3 heterocycles. The van der Waals surface area contributed by atoms with Crippen LogP contribution in [0, 0.1) is 0 Å². The number of carbonyl (C=O) groups excluding carboxylic acids is 7. The summed E-state index contributed by atoms with van der Waals surface area (Å²) in [6, 6.07) is -3.24. The second-order valence-electron chi connectivity index (χ2n) is 27.4. The van der Waals surface area contributed by atoms with Crippen LogP contribution in [-0.2, 0) is 124 Å². The lowest BCUT2D eigenvalue weighted by Gasteiger charge is -2.42. The van der Waals surface area contributed by atoms with Crippen molar-refractivity contribution < 1.29 is 175 Å². The second-order valence-corrected chi connectivity index (χ2v) is 27.4. The van der Waals surface area contributed by atoms with Gasteiger partial charge in [0.2, 0.25) is 41.4 Å². The normalized spacial score (nSPS) is 23.5. The van der Waals surface area contributed by atoms with E-state index in [-0.39, 0.29) is 254 Å². The van der Waals surface area contributed by atoms with Crippen LogP contribution in [0.25, 0.3) is 0 Å². The van der Waals surface area contributed by atoms with Crippen LogP contribution in [0.4, 0.5) is 0 Å². The number of unbranched alkanes of at least 4 members (excludes halogenated alkanes) is 7. The zero-order valence-corrected chi connectivity index (χ0v) is 67.3. The minimum Gasteiger partial charge on any atom is -0.481 e. The first-order valence-corrected chi connectivity index (χ1v) is 39.7. The molecule has 3 aliphatic heterocycles. The van der Waals surface area contributed by atoms with Crippen LogP contribution in [0.1, 0.15) is 104 Å². The highest BCUT2D eigenvalue weighted by molar-refractivity contribution is 5.78. The van der Waals surface area contributed by atoms with Crippen molar-refractivity contribution in [3.05, 3.63) is 0 Å². The first-order valence-electron chi connectivity index (χ1n) is 39.7. The Hall–Kier alpha value is -5.32. The van der Waals surface area contributed by atoms with Crippen molar-refractivity contribution in [1.82, 2.24) is 37.2 Å². The van der Waals surface area contributed by atoms with Crippen molar-refractivity contribution in [2.75, 3.05) is 218 Å². The van der Waals surface area contributed by atoms with Crippen LogP contribution in [0.15, 0.2) is 0 Å². The maximum Gasteiger partial charge on any atom is 0.303 e. The summed E-state index contributed by atoms with van der Waals surface area (Å²) in [6.07, 6.45) is -9.10. The summed E-state index contributed by atoms with van der Waals surface area (Å²) in [5.41, 5.74) is -1.38. The number of aliphatic hydroxyl groups is 9. The molecule has 0 spiro atoms. The Morgan fingerprint density at radius 3 is 0.810 bits per heavy atom. The SMILES string of the molecule is CC(=O)N[C@H]1[C@H](OCCOCCOCCOCCNC(=O)CCOCC(COCCC(=O)NCCOCCOCCOCCO[C@@H]2O[C@H](CO)[C@H](O)[C@H](O)[C@H]2NC(C)=O)(COCCC(=O)NCCOCCOCCOCCO[C@@H]2O[C@H](CO)[C@H](O)[C@H](O)[C@H]2NC(C)=O)NC(=O)CCCCCCCCCCC(=O)O)O[C@H](CO)[C@H](O)[C@@H]1O. The first kappa shape index (κ1) is 105. The molecule has 0 unspecified atom stereocenters. The Morgan fingerprint density at radius 1 is 0.302 bits per heavy atom. The van der Waals surface area contributed by atoms with Gasteiger partial charge in [-0.25, -0.2) is 0 Å². The molecule has 43 nitrogen and oxygen atoms in total. The average molecular weight is 1680 g/mol. The number of carboxylic acids is 1. The van der Waals surface area contributed by atoms with E-state index in [0.29, 0.717) is 12.8 Å². The Bertz CT molecular complexity index is 2390. The predicted molar refractivity (Wildman–Crippen MR) is 401 cm³/mol. The largest absolute Gasteiger partial charge is 0.481 e. The second kappa shape index (κ2) is 65.5. The van der Waals surface area contributed by atoms with Gasteiger partial charge in [-0.05, 0) is 12.8 Å². The molecule has 15 atom stereocenters. The average Bonchev–Trinajstić information content (AvgIpc) is 0.820. The molecule has 3 aliphatic rings. The Morgan fingerprint density at radius 2 is 0.552 bits per heavy atom. The number of ether oxygens (including phenoxy) is 18. The first-order chi connectivity index (χ1) is 56.0. The lowest BCUT2D eigenvalue weighted by molar-refractivity contribution is -0.272. The number of nitrogens with one attached hydrogen (secondary N) is 7. The fraction of sp³-hybridized carbons (Fsp3) is 0.890. The van der Waals surface area contributed by atoms with Crippen LogP contribution in [0.5, 0.6) is 0 Å². The zero-order valence-electron chi connectivity index (χ0n) is 67.3. The molecule has 0 aromatic heterocycles. The van der Waals surface area contributed by atoms with Gasteiger partial charge >= 0.3 is 5.97 Å². The topological polar surface area (TPSA) is 589 Å². The summed E-state index contributed by atoms with van der Waals surface area (Å²) in [4.78, 5) is 98.7.